The van der Waals surface area contributed by atoms with E-state index < -0.39 is 18.0 Å². The van der Waals surface area contributed by atoms with Crippen molar-refractivity contribution < 1.29 is 14.3 Å². The van der Waals surface area contributed by atoms with E-state index >= 15 is 0 Å². The first-order valence-corrected chi connectivity index (χ1v) is 12.6. The van der Waals surface area contributed by atoms with Crippen molar-refractivity contribution in [2.24, 2.45) is 0 Å². The summed E-state index contributed by atoms with van der Waals surface area (Å²) in [5.74, 6) is -1.04. The molecule has 0 bridgehead atoms. The summed E-state index contributed by atoms with van der Waals surface area (Å²) < 4.78 is 5.57. The monoisotopic (exact) mass is 521 g/mol. The number of carbonyl (C=O) groups excluding carboxylic acids is 2. The molecule has 0 aliphatic rings. The van der Waals surface area contributed by atoms with Crippen molar-refractivity contribution in [2.45, 2.75) is 19.4 Å². The lowest BCUT2D eigenvalue weighted by Crippen LogP contribution is -2.32. The minimum Gasteiger partial charge on any atom is -0.449 e. The first-order valence-electron chi connectivity index (χ1n) is 12.2. The van der Waals surface area contributed by atoms with Crippen LogP contribution >= 0.6 is 11.6 Å². The van der Waals surface area contributed by atoms with E-state index in [0.29, 0.717) is 33.9 Å². The first-order chi connectivity index (χ1) is 18.5. The van der Waals surface area contributed by atoms with Gasteiger partial charge in [-0.1, -0.05) is 85.3 Å². The van der Waals surface area contributed by atoms with Crippen molar-refractivity contribution in [3.8, 4) is 22.5 Å². The van der Waals surface area contributed by atoms with E-state index in [1.807, 2.05) is 60.7 Å². The molecule has 6 nitrogen and oxygen atoms in total. The van der Waals surface area contributed by atoms with Gasteiger partial charge in [-0.3, -0.25) is 4.79 Å². The molecular formula is C31H24ClN3O3. The van der Waals surface area contributed by atoms with Crippen LogP contribution in [0.25, 0.3) is 33.5 Å². The highest BCUT2D eigenvalue weighted by molar-refractivity contribution is 6.30. The van der Waals surface area contributed by atoms with Crippen LogP contribution < -0.4 is 5.32 Å². The number of hydrogen-bond donors (Lipinski definition) is 1. The quantitative estimate of drug-likeness (QED) is 0.229. The van der Waals surface area contributed by atoms with Gasteiger partial charge in [0.25, 0.3) is 5.91 Å². The maximum Gasteiger partial charge on any atom is 0.338 e. The maximum atomic E-state index is 13.0. The van der Waals surface area contributed by atoms with E-state index in [0.717, 1.165) is 16.8 Å². The minimum absolute atomic E-state index is 0.285. The third kappa shape index (κ3) is 5.56. The van der Waals surface area contributed by atoms with Gasteiger partial charge in [-0.2, -0.15) is 0 Å². The molecule has 7 heteroatoms. The second-order valence-corrected chi connectivity index (χ2v) is 9.09. The predicted molar refractivity (Wildman–Crippen MR) is 150 cm³/mol. The molecule has 1 heterocycles. The van der Waals surface area contributed by atoms with Gasteiger partial charge in [0.15, 0.2) is 6.10 Å². The Hall–Kier alpha value is -4.55. The third-order valence-corrected chi connectivity index (χ3v) is 6.23. The van der Waals surface area contributed by atoms with Gasteiger partial charge in [0.05, 0.1) is 28.0 Å². The number of rotatable bonds is 7. The number of aromatic nitrogens is 2. The Morgan fingerprint density at radius 2 is 1.42 bits per heavy atom. The van der Waals surface area contributed by atoms with Gasteiger partial charge in [0.1, 0.15) is 0 Å². The number of benzene rings is 4. The van der Waals surface area contributed by atoms with E-state index in [1.165, 1.54) is 0 Å². The zero-order valence-electron chi connectivity index (χ0n) is 20.6. The van der Waals surface area contributed by atoms with Crippen LogP contribution in [0.1, 0.15) is 23.7 Å². The molecule has 0 radical (unpaired) electrons. The van der Waals surface area contributed by atoms with E-state index in [9.17, 15) is 9.59 Å². The number of amides is 1. The van der Waals surface area contributed by atoms with Crippen molar-refractivity contribution >= 4 is 40.2 Å². The molecule has 0 saturated carbocycles. The smallest absolute Gasteiger partial charge is 0.338 e. The summed E-state index contributed by atoms with van der Waals surface area (Å²) in [6, 6.07) is 31.5. The number of hydrogen-bond acceptors (Lipinski definition) is 5. The summed E-state index contributed by atoms with van der Waals surface area (Å²) in [4.78, 5) is 35.6. The fraction of sp³-hybridized carbons (Fsp3) is 0.0968. The van der Waals surface area contributed by atoms with Crippen LogP contribution in [0.2, 0.25) is 5.02 Å². The molecule has 1 amide bonds. The van der Waals surface area contributed by atoms with Crippen LogP contribution in [0.15, 0.2) is 103 Å². The van der Waals surface area contributed by atoms with E-state index in [-0.39, 0.29) is 5.56 Å². The molecule has 0 fully saturated rings. The summed E-state index contributed by atoms with van der Waals surface area (Å²) in [6.07, 6.45) is -0.659. The molecule has 1 atom stereocenters. The lowest BCUT2D eigenvalue weighted by molar-refractivity contribution is -0.124. The average Bonchev–Trinajstić information content (AvgIpc) is 2.95. The van der Waals surface area contributed by atoms with Crippen LogP contribution in [-0.2, 0) is 9.53 Å². The molecule has 5 rings (SSSR count). The summed E-state index contributed by atoms with van der Waals surface area (Å²) >= 11 is 6.00. The maximum absolute atomic E-state index is 13.0. The highest BCUT2D eigenvalue weighted by Gasteiger charge is 2.23. The standard InChI is InChI=1S/C31H24ClN3O3/c1-2-27(30(36)33-24-15-9-14-23(32)19-24)38-31(37)22-16-17-25-26(18-22)35-29(21-12-7-4-8-13-21)28(34-25)20-10-5-3-6-11-20/h3-19,27H,2H2,1H3,(H,33,36). The molecule has 0 spiro atoms. The Balaban J connectivity index is 1.44. The van der Waals surface area contributed by atoms with E-state index in [1.54, 1.807) is 49.4 Å². The lowest BCUT2D eigenvalue weighted by Gasteiger charge is -2.16. The van der Waals surface area contributed by atoms with Crippen LogP contribution in [0, 0.1) is 0 Å². The Morgan fingerprint density at radius 3 is 2.03 bits per heavy atom. The van der Waals surface area contributed by atoms with Crippen LogP contribution in [-0.4, -0.2) is 27.9 Å². The third-order valence-electron chi connectivity index (χ3n) is 6.00. The van der Waals surface area contributed by atoms with Crippen LogP contribution in [0.3, 0.4) is 0 Å². The molecule has 38 heavy (non-hydrogen) atoms. The van der Waals surface area contributed by atoms with E-state index in [4.69, 9.17) is 26.3 Å². The molecule has 1 N–H and O–H groups in total. The van der Waals surface area contributed by atoms with Crippen molar-refractivity contribution in [1.29, 1.82) is 0 Å². The highest BCUT2D eigenvalue weighted by atomic mass is 35.5. The molecule has 1 aromatic heterocycles. The highest BCUT2D eigenvalue weighted by Crippen LogP contribution is 2.31. The first kappa shape index (κ1) is 25.1. The average molecular weight is 522 g/mol. The Bertz CT molecular complexity index is 1610. The van der Waals surface area contributed by atoms with Gasteiger partial charge in [0, 0.05) is 21.8 Å². The summed E-state index contributed by atoms with van der Waals surface area (Å²) in [7, 11) is 0. The number of anilines is 1. The molecule has 0 saturated heterocycles. The molecule has 0 aliphatic carbocycles. The Morgan fingerprint density at radius 1 is 0.789 bits per heavy atom. The van der Waals surface area contributed by atoms with Crippen LogP contribution in [0.5, 0.6) is 0 Å². The van der Waals surface area contributed by atoms with Crippen molar-refractivity contribution in [3.05, 3.63) is 114 Å². The van der Waals surface area contributed by atoms with Crippen molar-refractivity contribution in [1.82, 2.24) is 9.97 Å². The van der Waals surface area contributed by atoms with Gasteiger partial charge in [-0.25, -0.2) is 14.8 Å². The number of fused-ring (bicyclic) bond motifs is 1. The fourth-order valence-electron chi connectivity index (χ4n) is 4.08. The van der Waals surface area contributed by atoms with Crippen LogP contribution in [0.4, 0.5) is 5.69 Å². The number of ether oxygens (including phenoxy) is 1. The molecular weight excluding hydrogens is 498 g/mol. The van der Waals surface area contributed by atoms with E-state index in [2.05, 4.69) is 5.32 Å². The minimum atomic E-state index is -0.969. The zero-order chi connectivity index (χ0) is 26.5. The van der Waals surface area contributed by atoms with Gasteiger partial charge in [-0.15, -0.1) is 0 Å². The number of carbonyl (C=O) groups is 2. The molecule has 0 aliphatic heterocycles. The second kappa shape index (κ2) is 11.2. The SMILES string of the molecule is CCC(OC(=O)c1ccc2nc(-c3ccccc3)c(-c3ccccc3)nc2c1)C(=O)Nc1cccc(Cl)c1. The Labute approximate surface area is 225 Å². The topological polar surface area (TPSA) is 81.2 Å². The number of nitrogens with one attached hydrogen (secondary N) is 1. The van der Waals surface area contributed by atoms with Gasteiger partial charge >= 0.3 is 5.97 Å². The number of esters is 1. The molecule has 4 aromatic carbocycles. The normalized spacial score (nSPS) is 11.6. The number of halogens is 1. The molecule has 5 aromatic rings. The summed E-state index contributed by atoms with van der Waals surface area (Å²) in [5.41, 5.74) is 5.33. The van der Waals surface area contributed by atoms with Gasteiger partial charge in [0.2, 0.25) is 0 Å². The predicted octanol–water partition coefficient (Wildman–Crippen LogP) is 7.19. The largest absolute Gasteiger partial charge is 0.449 e. The molecule has 188 valence electrons. The van der Waals surface area contributed by atoms with Crippen molar-refractivity contribution in [2.75, 3.05) is 5.32 Å². The summed E-state index contributed by atoms with van der Waals surface area (Å²) in [6.45, 7) is 1.78. The van der Waals surface area contributed by atoms with Gasteiger partial charge < -0.3 is 10.1 Å². The second-order valence-electron chi connectivity index (χ2n) is 8.66. The number of nitrogens with zero attached hydrogens (tertiary/aromatic N) is 2. The lowest BCUT2D eigenvalue weighted by atomic mass is 10.0. The summed E-state index contributed by atoms with van der Waals surface area (Å²) in [5, 5.41) is 3.24. The fourth-order valence-corrected chi connectivity index (χ4v) is 4.27. The molecule has 1 unspecified atom stereocenters. The van der Waals surface area contributed by atoms with Gasteiger partial charge in [-0.05, 0) is 42.8 Å². The zero-order valence-corrected chi connectivity index (χ0v) is 21.4. The van der Waals surface area contributed by atoms with Crippen molar-refractivity contribution in [3.63, 3.8) is 0 Å². The Kier molecular flexibility index (Phi) is 7.43.